The van der Waals surface area contributed by atoms with Crippen LogP contribution in [0.25, 0.3) is 0 Å². The maximum atomic E-state index is 5.50. The zero-order valence-electron chi connectivity index (χ0n) is 13.4. The molecule has 2 unspecified atom stereocenters. The molecule has 0 bridgehead atoms. The average Bonchev–Trinajstić information content (AvgIpc) is 2.39. The molecular weight excluding hydrogens is 246 g/mol. The van der Waals surface area contributed by atoms with E-state index in [4.69, 9.17) is 4.74 Å². The summed E-state index contributed by atoms with van der Waals surface area (Å²) >= 11 is 0. The van der Waals surface area contributed by atoms with Crippen molar-refractivity contribution in [1.82, 2.24) is 5.32 Å². The van der Waals surface area contributed by atoms with Gasteiger partial charge in [-0.2, -0.15) is 0 Å². The zero-order valence-corrected chi connectivity index (χ0v) is 13.4. The highest BCUT2D eigenvalue weighted by atomic mass is 16.5. The molecule has 2 rings (SSSR count). The third-order valence-electron chi connectivity index (χ3n) is 4.45. The molecule has 1 saturated carbocycles. The number of ether oxygens (including phenoxy) is 1. The summed E-state index contributed by atoms with van der Waals surface area (Å²) in [5, 5.41) is 3.61. The highest BCUT2D eigenvalue weighted by Crippen LogP contribution is 2.38. The van der Waals surface area contributed by atoms with Crippen molar-refractivity contribution in [2.45, 2.75) is 40.0 Å². The van der Waals surface area contributed by atoms with Crippen LogP contribution in [0.1, 0.15) is 37.8 Å². The Morgan fingerprint density at radius 2 is 2.00 bits per heavy atom. The van der Waals surface area contributed by atoms with Gasteiger partial charge in [-0.05, 0) is 68.7 Å². The topological polar surface area (TPSA) is 21.3 Å². The average molecular weight is 275 g/mol. The minimum Gasteiger partial charge on any atom is -0.496 e. The summed E-state index contributed by atoms with van der Waals surface area (Å²) in [5.74, 6) is 3.46. The van der Waals surface area contributed by atoms with E-state index in [0.29, 0.717) is 0 Å². The molecule has 1 aliphatic carbocycles. The molecule has 1 fully saturated rings. The van der Waals surface area contributed by atoms with E-state index >= 15 is 0 Å². The van der Waals surface area contributed by atoms with E-state index in [1.165, 1.54) is 36.9 Å². The van der Waals surface area contributed by atoms with Crippen molar-refractivity contribution in [3.63, 3.8) is 0 Å². The first-order chi connectivity index (χ1) is 9.60. The Labute approximate surface area is 123 Å². The second-order valence-corrected chi connectivity index (χ2v) is 6.67. The maximum Gasteiger partial charge on any atom is 0.122 e. The Hall–Kier alpha value is -1.02. The van der Waals surface area contributed by atoms with Crippen molar-refractivity contribution < 1.29 is 4.74 Å². The first kappa shape index (κ1) is 15.4. The van der Waals surface area contributed by atoms with Gasteiger partial charge >= 0.3 is 0 Å². The van der Waals surface area contributed by atoms with E-state index in [9.17, 15) is 0 Å². The largest absolute Gasteiger partial charge is 0.496 e. The van der Waals surface area contributed by atoms with Crippen molar-refractivity contribution in [3.05, 3.63) is 29.3 Å². The fourth-order valence-electron chi connectivity index (χ4n) is 3.08. The van der Waals surface area contributed by atoms with Gasteiger partial charge in [0, 0.05) is 0 Å². The molecular formula is C18H29NO. The number of hydrogen-bond acceptors (Lipinski definition) is 2. The SMILES string of the molecule is COc1ccc(C)cc1CC1CCC1CNCC(C)C. The summed E-state index contributed by atoms with van der Waals surface area (Å²) in [6.45, 7) is 9.01. The molecule has 2 nitrogen and oxygen atoms in total. The quantitative estimate of drug-likeness (QED) is 0.817. The third-order valence-corrected chi connectivity index (χ3v) is 4.45. The molecule has 0 heterocycles. The van der Waals surface area contributed by atoms with E-state index in [1.54, 1.807) is 7.11 Å². The third kappa shape index (κ3) is 3.99. The van der Waals surface area contributed by atoms with Gasteiger partial charge in [-0.15, -0.1) is 0 Å². The molecule has 112 valence electrons. The van der Waals surface area contributed by atoms with Crippen molar-refractivity contribution >= 4 is 0 Å². The van der Waals surface area contributed by atoms with Crippen LogP contribution in [0.3, 0.4) is 0 Å². The summed E-state index contributed by atoms with van der Waals surface area (Å²) in [6, 6.07) is 6.52. The van der Waals surface area contributed by atoms with Crippen LogP contribution in [0.15, 0.2) is 18.2 Å². The molecule has 2 atom stereocenters. The highest BCUT2D eigenvalue weighted by Gasteiger charge is 2.30. The first-order valence-electron chi connectivity index (χ1n) is 7.94. The lowest BCUT2D eigenvalue weighted by Gasteiger charge is -2.37. The van der Waals surface area contributed by atoms with Crippen LogP contribution in [0, 0.1) is 24.7 Å². The van der Waals surface area contributed by atoms with Gasteiger partial charge in [-0.25, -0.2) is 0 Å². The molecule has 20 heavy (non-hydrogen) atoms. The minimum atomic E-state index is 0.741. The van der Waals surface area contributed by atoms with Crippen LogP contribution in [0.4, 0.5) is 0 Å². The number of methoxy groups -OCH3 is 1. The summed E-state index contributed by atoms with van der Waals surface area (Å²) in [4.78, 5) is 0. The molecule has 1 aliphatic rings. The molecule has 1 aromatic carbocycles. The molecule has 1 N–H and O–H groups in total. The molecule has 0 spiro atoms. The van der Waals surface area contributed by atoms with Gasteiger partial charge in [0.25, 0.3) is 0 Å². The van der Waals surface area contributed by atoms with Crippen molar-refractivity contribution in [3.8, 4) is 5.75 Å². The van der Waals surface area contributed by atoms with Crippen LogP contribution in [-0.4, -0.2) is 20.2 Å². The van der Waals surface area contributed by atoms with Gasteiger partial charge in [0.1, 0.15) is 5.75 Å². The Morgan fingerprint density at radius 3 is 2.60 bits per heavy atom. The smallest absolute Gasteiger partial charge is 0.122 e. The molecule has 2 heteroatoms. The van der Waals surface area contributed by atoms with E-state index in [1.807, 2.05) is 0 Å². The van der Waals surface area contributed by atoms with E-state index in [-0.39, 0.29) is 0 Å². The summed E-state index contributed by atoms with van der Waals surface area (Å²) < 4.78 is 5.50. The van der Waals surface area contributed by atoms with Gasteiger partial charge in [0.2, 0.25) is 0 Å². The van der Waals surface area contributed by atoms with Crippen LogP contribution < -0.4 is 10.1 Å². The molecule has 0 radical (unpaired) electrons. The summed E-state index contributed by atoms with van der Waals surface area (Å²) in [6.07, 6.45) is 3.91. The van der Waals surface area contributed by atoms with E-state index < -0.39 is 0 Å². The van der Waals surface area contributed by atoms with Gasteiger partial charge < -0.3 is 10.1 Å². The predicted octanol–water partition coefficient (Wildman–Crippen LogP) is 3.82. The van der Waals surface area contributed by atoms with Crippen molar-refractivity contribution in [2.24, 2.45) is 17.8 Å². The summed E-state index contributed by atoms with van der Waals surface area (Å²) in [7, 11) is 1.77. The molecule has 0 saturated heterocycles. The van der Waals surface area contributed by atoms with Crippen LogP contribution in [0.5, 0.6) is 5.75 Å². The molecule has 1 aromatic rings. The Kier molecular flexibility index (Phi) is 5.47. The van der Waals surface area contributed by atoms with Crippen LogP contribution >= 0.6 is 0 Å². The summed E-state index contributed by atoms with van der Waals surface area (Å²) in [5.41, 5.74) is 2.71. The van der Waals surface area contributed by atoms with Gasteiger partial charge in [-0.3, -0.25) is 0 Å². The normalized spacial score (nSPS) is 21.9. The second kappa shape index (κ2) is 7.12. The van der Waals surface area contributed by atoms with Gasteiger partial charge in [0.05, 0.1) is 7.11 Å². The zero-order chi connectivity index (χ0) is 14.5. The van der Waals surface area contributed by atoms with E-state index in [0.717, 1.165) is 30.0 Å². The Bertz CT molecular complexity index is 427. The second-order valence-electron chi connectivity index (χ2n) is 6.67. The fourth-order valence-corrected chi connectivity index (χ4v) is 3.08. The number of benzene rings is 1. The number of nitrogens with one attached hydrogen (secondary N) is 1. The highest BCUT2D eigenvalue weighted by molar-refractivity contribution is 5.37. The van der Waals surface area contributed by atoms with Crippen LogP contribution in [0.2, 0.25) is 0 Å². The Balaban J connectivity index is 1.88. The maximum absolute atomic E-state index is 5.50. The fraction of sp³-hybridized carbons (Fsp3) is 0.667. The Morgan fingerprint density at radius 1 is 1.25 bits per heavy atom. The van der Waals surface area contributed by atoms with Crippen LogP contribution in [-0.2, 0) is 6.42 Å². The lowest BCUT2D eigenvalue weighted by molar-refractivity contribution is 0.168. The molecule has 0 aromatic heterocycles. The number of rotatable bonds is 7. The van der Waals surface area contributed by atoms with Crippen molar-refractivity contribution in [1.29, 1.82) is 0 Å². The monoisotopic (exact) mass is 275 g/mol. The van der Waals surface area contributed by atoms with Crippen molar-refractivity contribution in [2.75, 3.05) is 20.2 Å². The van der Waals surface area contributed by atoms with Gasteiger partial charge in [0.15, 0.2) is 0 Å². The number of hydrogen-bond donors (Lipinski definition) is 1. The van der Waals surface area contributed by atoms with E-state index in [2.05, 4.69) is 44.3 Å². The first-order valence-corrected chi connectivity index (χ1v) is 7.94. The number of aryl methyl sites for hydroxylation is 1. The standard InChI is InChI=1S/C18H29NO/c1-13(2)11-19-12-16-7-6-15(16)10-17-9-14(3)5-8-18(17)20-4/h5,8-9,13,15-16,19H,6-7,10-12H2,1-4H3. The molecule has 0 amide bonds. The molecule has 0 aliphatic heterocycles. The minimum absolute atomic E-state index is 0.741. The lowest BCUT2D eigenvalue weighted by Crippen LogP contribution is -2.37. The lowest BCUT2D eigenvalue weighted by atomic mass is 9.70. The predicted molar refractivity (Wildman–Crippen MR) is 85.4 cm³/mol. The van der Waals surface area contributed by atoms with Gasteiger partial charge in [-0.1, -0.05) is 31.5 Å².